The number of nitriles is 1. The highest BCUT2D eigenvalue weighted by Crippen LogP contribution is 2.52. The lowest BCUT2D eigenvalue weighted by Crippen LogP contribution is -2.60. The first-order chi connectivity index (χ1) is 11.9. The van der Waals surface area contributed by atoms with Gasteiger partial charge in [-0.25, -0.2) is 0 Å². The fourth-order valence-corrected chi connectivity index (χ4v) is 4.11. The molecule has 0 spiro atoms. The quantitative estimate of drug-likeness (QED) is 0.772. The number of fused-ring (bicyclic) bond motifs is 2. The summed E-state index contributed by atoms with van der Waals surface area (Å²) in [6.45, 7) is 3.69. The molecule has 0 radical (unpaired) electrons. The Labute approximate surface area is 145 Å². The molecule has 3 heterocycles. The maximum atomic E-state index is 13.0. The SMILES string of the molecule is CC1C(=O)N2[C@@H](c3ccc4c(c3)OCO4)[C@@](C)(C#N)C[C@H]2C(=O)N1C. The predicted molar refractivity (Wildman–Crippen MR) is 86.5 cm³/mol. The fraction of sp³-hybridized carbons (Fsp3) is 0.500. The summed E-state index contributed by atoms with van der Waals surface area (Å²) in [5.41, 5.74) is -0.0668. The molecular weight excluding hydrogens is 322 g/mol. The minimum absolute atomic E-state index is 0.114. The van der Waals surface area contributed by atoms with E-state index in [1.165, 1.54) is 4.90 Å². The summed E-state index contributed by atoms with van der Waals surface area (Å²) in [6, 6.07) is 6.15. The molecule has 7 heteroatoms. The van der Waals surface area contributed by atoms with Crippen LogP contribution in [0.3, 0.4) is 0 Å². The van der Waals surface area contributed by atoms with Crippen molar-refractivity contribution in [2.24, 2.45) is 5.41 Å². The van der Waals surface area contributed by atoms with E-state index in [-0.39, 0.29) is 18.6 Å². The number of piperazine rings is 1. The van der Waals surface area contributed by atoms with Gasteiger partial charge in [-0.2, -0.15) is 5.26 Å². The number of hydrogen-bond acceptors (Lipinski definition) is 5. The molecule has 1 aromatic rings. The first-order valence-electron chi connectivity index (χ1n) is 8.27. The number of rotatable bonds is 1. The molecule has 4 rings (SSSR count). The summed E-state index contributed by atoms with van der Waals surface area (Å²) < 4.78 is 10.8. The van der Waals surface area contributed by atoms with E-state index >= 15 is 0 Å². The number of nitrogens with zero attached hydrogens (tertiary/aromatic N) is 3. The maximum Gasteiger partial charge on any atom is 0.246 e. The topological polar surface area (TPSA) is 82.9 Å². The van der Waals surface area contributed by atoms with E-state index in [9.17, 15) is 14.9 Å². The highest BCUT2D eigenvalue weighted by atomic mass is 16.7. The van der Waals surface area contributed by atoms with E-state index < -0.39 is 23.5 Å². The van der Waals surface area contributed by atoms with Crippen molar-refractivity contribution in [2.45, 2.75) is 38.4 Å². The van der Waals surface area contributed by atoms with E-state index in [1.807, 2.05) is 19.1 Å². The second kappa shape index (κ2) is 5.12. The van der Waals surface area contributed by atoms with Gasteiger partial charge < -0.3 is 19.3 Å². The second-order valence-corrected chi connectivity index (χ2v) is 7.14. The number of carbonyl (C=O) groups is 2. The van der Waals surface area contributed by atoms with Crippen molar-refractivity contribution in [3.8, 4) is 17.6 Å². The zero-order chi connectivity index (χ0) is 17.9. The van der Waals surface area contributed by atoms with Crippen LogP contribution in [0.4, 0.5) is 0 Å². The molecule has 2 amide bonds. The number of benzene rings is 1. The summed E-state index contributed by atoms with van der Waals surface area (Å²) in [5.74, 6) is 0.999. The molecule has 1 unspecified atom stereocenters. The van der Waals surface area contributed by atoms with Crippen LogP contribution in [0, 0.1) is 16.7 Å². The number of amides is 2. The van der Waals surface area contributed by atoms with Gasteiger partial charge in [0.2, 0.25) is 18.6 Å². The number of likely N-dealkylation sites (N-methyl/N-ethyl adjacent to an activating group) is 1. The Morgan fingerprint density at radius 1 is 1.24 bits per heavy atom. The lowest BCUT2D eigenvalue weighted by Gasteiger charge is -2.42. The minimum atomic E-state index is -0.853. The van der Waals surface area contributed by atoms with Crippen LogP contribution >= 0.6 is 0 Å². The van der Waals surface area contributed by atoms with Crippen molar-refractivity contribution >= 4 is 11.8 Å². The van der Waals surface area contributed by atoms with Crippen LogP contribution in [-0.4, -0.2) is 47.5 Å². The van der Waals surface area contributed by atoms with Crippen LogP contribution in [0.15, 0.2) is 18.2 Å². The zero-order valence-corrected chi connectivity index (χ0v) is 14.4. The van der Waals surface area contributed by atoms with E-state index in [1.54, 1.807) is 24.9 Å². The summed E-state index contributed by atoms with van der Waals surface area (Å²) >= 11 is 0. The largest absolute Gasteiger partial charge is 0.454 e. The Hall–Kier alpha value is -2.75. The van der Waals surface area contributed by atoms with Crippen LogP contribution in [-0.2, 0) is 9.59 Å². The van der Waals surface area contributed by atoms with Gasteiger partial charge in [0, 0.05) is 7.05 Å². The van der Waals surface area contributed by atoms with Crippen molar-refractivity contribution in [3.05, 3.63) is 23.8 Å². The number of hydrogen-bond donors (Lipinski definition) is 0. The van der Waals surface area contributed by atoms with Crippen LogP contribution in [0.25, 0.3) is 0 Å². The van der Waals surface area contributed by atoms with Crippen LogP contribution in [0.2, 0.25) is 0 Å². The highest BCUT2D eigenvalue weighted by molar-refractivity contribution is 5.97. The van der Waals surface area contributed by atoms with E-state index in [0.717, 1.165) is 5.56 Å². The Morgan fingerprint density at radius 2 is 1.96 bits per heavy atom. The Bertz CT molecular complexity index is 817. The molecule has 3 aliphatic heterocycles. The van der Waals surface area contributed by atoms with Gasteiger partial charge in [-0.1, -0.05) is 6.07 Å². The van der Waals surface area contributed by atoms with Gasteiger partial charge in [0.05, 0.1) is 17.5 Å². The molecule has 2 fully saturated rings. The van der Waals surface area contributed by atoms with E-state index in [4.69, 9.17) is 9.47 Å². The molecular formula is C18H19N3O4. The average Bonchev–Trinajstić information content (AvgIpc) is 3.20. The summed E-state index contributed by atoms with van der Waals surface area (Å²) in [4.78, 5) is 28.7. The van der Waals surface area contributed by atoms with Gasteiger partial charge in [-0.3, -0.25) is 9.59 Å². The van der Waals surface area contributed by atoms with Gasteiger partial charge in [0.1, 0.15) is 12.1 Å². The maximum absolute atomic E-state index is 13.0. The first kappa shape index (κ1) is 15.8. The lowest BCUT2D eigenvalue weighted by atomic mass is 9.79. The molecule has 3 aliphatic rings. The summed E-state index contributed by atoms with van der Waals surface area (Å²) in [6.07, 6.45) is 0.324. The van der Waals surface area contributed by atoms with E-state index in [2.05, 4.69) is 6.07 Å². The summed E-state index contributed by atoms with van der Waals surface area (Å²) in [7, 11) is 1.64. The third kappa shape index (κ3) is 2.03. The van der Waals surface area contributed by atoms with Crippen LogP contribution < -0.4 is 9.47 Å². The van der Waals surface area contributed by atoms with Crippen molar-refractivity contribution in [3.63, 3.8) is 0 Å². The zero-order valence-electron chi connectivity index (χ0n) is 14.4. The number of ether oxygens (including phenoxy) is 2. The molecule has 25 heavy (non-hydrogen) atoms. The summed E-state index contributed by atoms with van der Waals surface area (Å²) in [5, 5.41) is 9.83. The molecule has 0 saturated carbocycles. The van der Waals surface area contributed by atoms with Crippen molar-refractivity contribution in [1.82, 2.24) is 9.80 Å². The molecule has 130 valence electrons. The van der Waals surface area contributed by atoms with Crippen LogP contribution in [0.5, 0.6) is 11.5 Å². The predicted octanol–water partition coefficient (Wildman–Crippen LogP) is 1.45. The van der Waals surface area contributed by atoms with Crippen molar-refractivity contribution < 1.29 is 19.1 Å². The smallest absolute Gasteiger partial charge is 0.246 e. The highest BCUT2D eigenvalue weighted by Gasteiger charge is 2.58. The van der Waals surface area contributed by atoms with Gasteiger partial charge in [0.15, 0.2) is 11.5 Å². The minimum Gasteiger partial charge on any atom is -0.454 e. The van der Waals surface area contributed by atoms with Crippen molar-refractivity contribution in [1.29, 1.82) is 5.26 Å². The molecule has 4 atom stereocenters. The first-order valence-corrected chi connectivity index (χ1v) is 8.27. The third-order valence-corrected chi connectivity index (χ3v) is 5.63. The van der Waals surface area contributed by atoms with Gasteiger partial charge in [-0.05, 0) is 38.0 Å². The molecule has 0 aromatic heterocycles. The van der Waals surface area contributed by atoms with Gasteiger partial charge in [-0.15, -0.1) is 0 Å². The number of carbonyl (C=O) groups excluding carboxylic acids is 2. The Morgan fingerprint density at radius 3 is 2.68 bits per heavy atom. The standard InChI is InChI=1S/C18H19N3O4/c1-10-16(22)21-12(17(23)20(10)3)7-18(2,8-19)15(21)11-4-5-13-14(6-11)25-9-24-13/h4-6,10,12,15H,7,9H2,1-3H3/t10?,12-,15-,18+/m0/s1. The molecule has 0 aliphatic carbocycles. The normalized spacial score (nSPS) is 33.4. The Kier molecular flexibility index (Phi) is 3.23. The molecule has 0 N–H and O–H groups in total. The van der Waals surface area contributed by atoms with Crippen LogP contribution in [0.1, 0.15) is 31.9 Å². The fourth-order valence-electron chi connectivity index (χ4n) is 4.11. The average molecular weight is 341 g/mol. The molecule has 1 aromatic carbocycles. The monoisotopic (exact) mass is 341 g/mol. The van der Waals surface area contributed by atoms with Gasteiger partial charge >= 0.3 is 0 Å². The second-order valence-electron chi connectivity index (χ2n) is 7.14. The molecule has 2 saturated heterocycles. The molecule has 7 nitrogen and oxygen atoms in total. The van der Waals surface area contributed by atoms with Crippen molar-refractivity contribution in [2.75, 3.05) is 13.8 Å². The lowest BCUT2D eigenvalue weighted by molar-refractivity contribution is -0.159. The molecule has 0 bridgehead atoms. The third-order valence-electron chi connectivity index (χ3n) is 5.63. The Balaban J connectivity index is 1.83. The van der Waals surface area contributed by atoms with Gasteiger partial charge in [0.25, 0.3) is 0 Å². The van der Waals surface area contributed by atoms with E-state index in [0.29, 0.717) is 17.9 Å².